The molecule has 16 heavy (non-hydrogen) atoms. The summed E-state index contributed by atoms with van der Waals surface area (Å²) in [5.41, 5.74) is 2.43. The van der Waals surface area contributed by atoms with Gasteiger partial charge in [0, 0.05) is 12.1 Å². The summed E-state index contributed by atoms with van der Waals surface area (Å²) in [4.78, 5) is 0.248. The Bertz CT molecular complexity index is 372. The zero-order chi connectivity index (χ0) is 11.2. The van der Waals surface area contributed by atoms with Gasteiger partial charge < -0.3 is 5.32 Å². The van der Waals surface area contributed by atoms with Gasteiger partial charge in [0.2, 0.25) is 0 Å². The van der Waals surface area contributed by atoms with E-state index < -0.39 is 0 Å². The molecule has 0 aliphatic carbocycles. The molecule has 1 radical (unpaired) electrons. The van der Waals surface area contributed by atoms with Crippen molar-refractivity contribution in [2.24, 2.45) is 0 Å². The fraction of sp³-hybridized carbons (Fsp3) is 0.143. The van der Waals surface area contributed by atoms with Crippen LogP contribution in [0.25, 0.3) is 0 Å². The molecule has 0 saturated carbocycles. The number of anilines is 1. The lowest BCUT2D eigenvalue weighted by Crippen LogP contribution is -2.14. The summed E-state index contributed by atoms with van der Waals surface area (Å²) in [6, 6.07) is 21.3. The first-order chi connectivity index (χ1) is 7.84. The molecule has 2 rings (SSSR count). The minimum atomic E-state index is 0.248. The Balaban J connectivity index is 1.92. The standard InChI is InChI=1S/C14H13BrN/c15-14(11-12-7-3-1-4-8-12)16-13-9-5-2-6-10-13/h1,3-10,14,16H,11H2. The van der Waals surface area contributed by atoms with Crippen LogP contribution >= 0.6 is 15.9 Å². The summed E-state index contributed by atoms with van der Waals surface area (Å²) in [6.07, 6.45) is 0.958. The number of benzene rings is 2. The van der Waals surface area contributed by atoms with Crippen LogP contribution in [0.4, 0.5) is 5.69 Å². The first kappa shape index (κ1) is 11.2. The van der Waals surface area contributed by atoms with Gasteiger partial charge in [0.15, 0.2) is 0 Å². The predicted octanol–water partition coefficient (Wildman–Crippen LogP) is 3.86. The van der Waals surface area contributed by atoms with E-state index in [1.807, 2.05) is 30.3 Å². The molecule has 0 aliphatic rings. The van der Waals surface area contributed by atoms with E-state index in [4.69, 9.17) is 0 Å². The van der Waals surface area contributed by atoms with Crippen molar-refractivity contribution >= 4 is 21.6 Å². The lowest BCUT2D eigenvalue weighted by Gasteiger charge is -2.13. The first-order valence-electron chi connectivity index (χ1n) is 5.25. The number of nitrogens with one attached hydrogen (secondary N) is 1. The van der Waals surface area contributed by atoms with Gasteiger partial charge in [0.05, 0.1) is 4.95 Å². The molecule has 0 aromatic heterocycles. The van der Waals surface area contributed by atoms with Crippen molar-refractivity contribution in [1.82, 2.24) is 0 Å². The molecule has 0 bridgehead atoms. The van der Waals surface area contributed by atoms with Gasteiger partial charge in [-0.3, -0.25) is 0 Å². The van der Waals surface area contributed by atoms with Crippen LogP contribution in [0, 0.1) is 6.07 Å². The Morgan fingerprint density at radius 3 is 2.44 bits per heavy atom. The zero-order valence-electron chi connectivity index (χ0n) is 8.86. The number of hydrogen-bond donors (Lipinski definition) is 1. The fourth-order valence-electron chi connectivity index (χ4n) is 1.54. The van der Waals surface area contributed by atoms with Crippen molar-refractivity contribution in [3.63, 3.8) is 0 Å². The maximum Gasteiger partial charge on any atom is 0.0858 e. The van der Waals surface area contributed by atoms with Crippen LogP contribution in [-0.2, 0) is 6.42 Å². The second-order valence-electron chi connectivity index (χ2n) is 3.59. The van der Waals surface area contributed by atoms with Crippen LogP contribution in [0.2, 0.25) is 0 Å². The third kappa shape index (κ3) is 3.38. The van der Waals surface area contributed by atoms with Gasteiger partial charge >= 0.3 is 0 Å². The monoisotopic (exact) mass is 274 g/mol. The van der Waals surface area contributed by atoms with Crippen molar-refractivity contribution in [2.45, 2.75) is 11.4 Å². The molecule has 1 N–H and O–H groups in total. The lowest BCUT2D eigenvalue weighted by atomic mass is 10.1. The van der Waals surface area contributed by atoms with Crippen molar-refractivity contribution in [1.29, 1.82) is 0 Å². The van der Waals surface area contributed by atoms with Gasteiger partial charge in [-0.1, -0.05) is 58.4 Å². The Labute approximate surface area is 105 Å². The second kappa shape index (κ2) is 5.71. The second-order valence-corrected chi connectivity index (χ2v) is 4.70. The fourth-order valence-corrected chi connectivity index (χ4v) is 2.17. The van der Waals surface area contributed by atoms with Gasteiger partial charge in [0.25, 0.3) is 0 Å². The molecule has 0 aliphatic heterocycles. The maximum atomic E-state index is 3.63. The normalized spacial score (nSPS) is 12.1. The molecule has 0 spiro atoms. The number of hydrogen-bond acceptors (Lipinski definition) is 1. The summed E-state index contributed by atoms with van der Waals surface area (Å²) in [7, 11) is 0. The van der Waals surface area contributed by atoms with E-state index in [1.54, 1.807) is 0 Å². The third-order valence-electron chi connectivity index (χ3n) is 2.30. The molecular weight excluding hydrogens is 262 g/mol. The van der Waals surface area contributed by atoms with Crippen LogP contribution in [0.5, 0.6) is 0 Å². The summed E-state index contributed by atoms with van der Waals surface area (Å²) < 4.78 is 0. The lowest BCUT2D eigenvalue weighted by molar-refractivity contribution is 0.972. The molecule has 0 heterocycles. The van der Waals surface area contributed by atoms with Crippen LogP contribution in [-0.4, -0.2) is 4.95 Å². The smallest absolute Gasteiger partial charge is 0.0858 e. The van der Waals surface area contributed by atoms with Gasteiger partial charge in [-0.25, -0.2) is 0 Å². The molecule has 2 aromatic carbocycles. The van der Waals surface area contributed by atoms with Crippen LogP contribution in [0.3, 0.4) is 0 Å². The molecule has 81 valence electrons. The molecule has 2 heteroatoms. The van der Waals surface area contributed by atoms with Crippen LogP contribution < -0.4 is 5.32 Å². The summed E-state index contributed by atoms with van der Waals surface area (Å²) in [5, 5.41) is 3.39. The van der Waals surface area contributed by atoms with E-state index in [-0.39, 0.29) is 4.95 Å². The average Bonchev–Trinajstić information content (AvgIpc) is 2.31. The quantitative estimate of drug-likeness (QED) is 0.660. The Kier molecular flexibility index (Phi) is 4.00. The molecule has 0 amide bonds. The predicted molar refractivity (Wildman–Crippen MR) is 71.8 cm³/mol. The minimum Gasteiger partial charge on any atom is -0.372 e. The highest BCUT2D eigenvalue weighted by atomic mass is 79.9. The maximum absolute atomic E-state index is 3.63. The Hall–Kier alpha value is -1.28. The number of alkyl halides is 1. The third-order valence-corrected chi connectivity index (χ3v) is 2.85. The molecule has 0 saturated heterocycles. The Morgan fingerprint density at radius 1 is 1.06 bits per heavy atom. The van der Waals surface area contributed by atoms with Gasteiger partial charge in [-0.05, 0) is 23.8 Å². The number of rotatable bonds is 4. The van der Waals surface area contributed by atoms with Crippen molar-refractivity contribution in [3.8, 4) is 0 Å². The van der Waals surface area contributed by atoms with E-state index in [0.717, 1.165) is 12.1 Å². The Morgan fingerprint density at radius 2 is 1.75 bits per heavy atom. The summed E-state index contributed by atoms with van der Waals surface area (Å²) >= 11 is 3.63. The SMILES string of the molecule is BrC(Cc1ccccc1)Nc1cc[c]cc1. The van der Waals surface area contributed by atoms with E-state index in [1.165, 1.54) is 5.56 Å². The van der Waals surface area contributed by atoms with Gasteiger partial charge in [-0.2, -0.15) is 0 Å². The van der Waals surface area contributed by atoms with Crippen LogP contribution in [0.1, 0.15) is 5.56 Å². The van der Waals surface area contributed by atoms with Crippen molar-refractivity contribution in [3.05, 3.63) is 66.2 Å². The number of halogens is 1. The molecule has 1 nitrogen and oxygen atoms in total. The van der Waals surface area contributed by atoms with Crippen LogP contribution in [0.15, 0.2) is 54.6 Å². The highest BCUT2D eigenvalue weighted by Gasteiger charge is 2.04. The van der Waals surface area contributed by atoms with Gasteiger partial charge in [0.1, 0.15) is 0 Å². The van der Waals surface area contributed by atoms with Crippen molar-refractivity contribution in [2.75, 3.05) is 5.32 Å². The molecule has 2 aromatic rings. The summed E-state index contributed by atoms with van der Waals surface area (Å²) in [5.74, 6) is 0. The van der Waals surface area contributed by atoms with E-state index in [2.05, 4.69) is 51.6 Å². The molecule has 1 atom stereocenters. The molecular formula is C14H13BrN. The highest BCUT2D eigenvalue weighted by Crippen LogP contribution is 2.14. The van der Waals surface area contributed by atoms with E-state index >= 15 is 0 Å². The molecule has 0 fully saturated rings. The molecule has 1 unspecified atom stereocenters. The largest absolute Gasteiger partial charge is 0.372 e. The van der Waals surface area contributed by atoms with E-state index in [9.17, 15) is 0 Å². The van der Waals surface area contributed by atoms with E-state index in [0.29, 0.717) is 0 Å². The van der Waals surface area contributed by atoms with Crippen molar-refractivity contribution < 1.29 is 0 Å². The summed E-state index contributed by atoms with van der Waals surface area (Å²) in [6.45, 7) is 0. The average molecular weight is 275 g/mol. The first-order valence-corrected chi connectivity index (χ1v) is 6.17. The van der Waals surface area contributed by atoms with Gasteiger partial charge in [-0.15, -0.1) is 0 Å². The minimum absolute atomic E-state index is 0.248. The zero-order valence-corrected chi connectivity index (χ0v) is 10.4. The topological polar surface area (TPSA) is 12.0 Å². The highest BCUT2D eigenvalue weighted by molar-refractivity contribution is 9.09.